The molecular formula is C6H4F3N3O4S. The first-order valence-corrected chi connectivity index (χ1v) is 5.35. The van der Waals surface area contributed by atoms with Gasteiger partial charge in [-0.15, -0.1) is 0 Å². The van der Waals surface area contributed by atoms with E-state index in [9.17, 15) is 31.7 Å². The lowest BCUT2D eigenvalue weighted by molar-refractivity contribution is -0.388. The van der Waals surface area contributed by atoms with Crippen LogP contribution >= 0.6 is 0 Å². The van der Waals surface area contributed by atoms with Crippen LogP contribution < -0.4 is 5.14 Å². The van der Waals surface area contributed by atoms with Crippen LogP contribution in [0, 0.1) is 16.1 Å². The predicted octanol–water partition coefficient (Wildman–Crippen LogP) is 0.714. The lowest BCUT2D eigenvalue weighted by Crippen LogP contribution is -2.18. The molecular weight excluding hydrogens is 267 g/mol. The van der Waals surface area contributed by atoms with Crippen molar-refractivity contribution in [2.45, 2.75) is 11.3 Å². The van der Waals surface area contributed by atoms with Crippen molar-refractivity contribution in [2.75, 3.05) is 0 Å². The highest BCUT2D eigenvalue weighted by atomic mass is 32.2. The lowest BCUT2D eigenvalue weighted by Gasteiger charge is -2.04. The minimum Gasteiger partial charge on any atom is -0.258 e. The van der Waals surface area contributed by atoms with Crippen LogP contribution in [0.4, 0.5) is 18.9 Å². The second-order valence-electron chi connectivity index (χ2n) is 2.79. The Morgan fingerprint density at radius 1 is 1.47 bits per heavy atom. The van der Waals surface area contributed by atoms with Crippen molar-refractivity contribution in [3.8, 4) is 0 Å². The fourth-order valence-electron chi connectivity index (χ4n) is 1.02. The summed E-state index contributed by atoms with van der Waals surface area (Å²) in [6, 6.07) is 0.160. The topological polar surface area (TPSA) is 116 Å². The Hall–Kier alpha value is -1.75. The lowest BCUT2D eigenvalue weighted by atomic mass is 10.3. The third-order valence-corrected chi connectivity index (χ3v) is 2.58. The number of pyridine rings is 1. The molecule has 0 saturated heterocycles. The van der Waals surface area contributed by atoms with E-state index in [-0.39, 0.29) is 6.07 Å². The van der Waals surface area contributed by atoms with Crippen LogP contribution in [0.25, 0.3) is 0 Å². The summed E-state index contributed by atoms with van der Waals surface area (Å²) < 4.78 is 59.2. The zero-order valence-electron chi connectivity index (χ0n) is 7.80. The van der Waals surface area contributed by atoms with E-state index in [1.807, 2.05) is 0 Å². The normalized spacial score (nSPS) is 11.8. The number of alkyl halides is 2. The van der Waals surface area contributed by atoms with Crippen LogP contribution in [-0.4, -0.2) is 18.3 Å². The van der Waals surface area contributed by atoms with E-state index >= 15 is 0 Å². The predicted molar refractivity (Wildman–Crippen MR) is 47.2 cm³/mol. The molecule has 7 nitrogen and oxygen atoms in total. The molecule has 1 rings (SSSR count). The van der Waals surface area contributed by atoms with Crippen LogP contribution in [-0.2, 0) is 10.0 Å². The van der Waals surface area contributed by atoms with E-state index in [2.05, 4.69) is 10.1 Å². The van der Waals surface area contributed by atoms with Crippen molar-refractivity contribution >= 4 is 15.7 Å². The van der Waals surface area contributed by atoms with Crippen LogP contribution in [0.3, 0.4) is 0 Å². The van der Waals surface area contributed by atoms with Crippen LogP contribution in [0.5, 0.6) is 0 Å². The first-order chi connectivity index (χ1) is 7.64. The Morgan fingerprint density at radius 2 is 2.00 bits per heavy atom. The van der Waals surface area contributed by atoms with Gasteiger partial charge in [0.05, 0.1) is 4.92 Å². The van der Waals surface area contributed by atoms with Gasteiger partial charge in [0.15, 0.2) is 0 Å². The highest BCUT2D eigenvalue weighted by Crippen LogP contribution is 2.28. The van der Waals surface area contributed by atoms with Crippen molar-refractivity contribution in [2.24, 2.45) is 5.14 Å². The Balaban J connectivity index is 3.68. The minimum atomic E-state index is -4.78. The van der Waals surface area contributed by atoms with Gasteiger partial charge in [-0.05, 0) is 0 Å². The molecule has 1 heterocycles. The molecule has 2 N–H and O–H groups in total. The Morgan fingerprint density at radius 3 is 2.35 bits per heavy atom. The molecule has 0 bridgehead atoms. The fraction of sp³-hybridized carbons (Fsp3) is 0.167. The van der Waals surface area contributed by atoms with Gasteiger partial charge in [0.25, 0.3) is 12.1 Å². The number of hydrogen-bond acceptors (Lipinski definition) is 5. The maximum Gasteiger partial charge on any atom is 0.296 e. The van der Waals surface area contributed by atoms with Crippen molar-refractivity contribution in [1.29, 1.82) is 0 Å². The largest absolute Gasteiger partial charge is 0.296 e. The Kier molecular flexibility index (Phi) is 3.33. The summed E-state index contributed by atoms with van der Waals surface area (Å²) in [6.07, 6.45) is -3.28. The van der Waals surface area contributed by atoms with E-state index in [1.165, 1.54) is 0 Å². The van der Waals surface area contributed by atoms with Crippen molar-refractivity contribution < 1.29 is 26.5 Å². The summed E-state index contributed by atoms with van der Waals surface area (Å²) >= 11 is 0. The zero-order chi connectivity index (χ0) is 13.4. The molecule has 11 heteroatoms. The van der Waals surface area contributed by atoms with Crippen molar-refractivity contribution in [1.82, 2.24) is 4.98 Å². The summed E-state index contributed by atoms with van der Waals surface area (Å²) in [6.45, 7) is 0. The highest BCUT2D eigenvalue weighted by Gasteiger charge is 2.31. The molecule has 0 spiro atoms. The number of nitrogens with two attached hydrogens (primary N) is 1. The maximum absolute atomic E-state index is 13.1. The minimum absolute atomic E-state index is 0.160. The molecule has 17 heavy (non-hydrogen) atoms. The summed E-state index contributed by atoms with van der Waals surface area (Å²) in [4.78, 5) is 10.2. The molecule has 0 fully saturated rings. The van der Waals surface area contributed by atoms with Gasteiger partial charge in [-0.25, -0.2) is 27.3 Å². The number of nitrogens with zero attached hydrogens (tertiary/aromatic N) is 2. The number of aromatic nitrogens is 1. The zero-order valence-corrected chi connectivity index (χ0v) is 8.62. The Labute approximate surface area is 92.3 Å². The number of primary sulfonamides is 1. The number of sulfonamides is 1. The molecule has 0 radical (unpaired) electrons. The van der Waals surface area contributed by atoms with E-state index in [1.54, 1.807) is 0 Å². The molecule has 0 atom stereocenters. The van der Waals surface area contributed by atoms with E-state index in [0.29, 0.717) is 0 Å². The molecule has 0 aliphatic carbocycles. The SMILES string of the molecule is NS(=O)(=O)c1c([N+](=O)[O-])cc(C(F)F)nc1F. The van der Waals surface area contributed by atoms with E-state index in [0.717, 1.165) is 0 Å². The summed E-state index contributed by atoms with van der Waals surface area (Å²) in [5.74, 6) is -1.93. The fourth-order valence-corrected chi connectivity index (χ4v) is 1.72. The molecule has 0 saturated carbocycles. The van der Waals surface area contributed by atoms with Gasteiger partial charge in [-0.1, -0.05) is 0 Å². The third-order valence-electron chi connectivity index (χ3n) is 1.64. The van der Waals surface area contributed by atoms with E-state index < -0.39 is 43.6 Å². The van der Waals surface area contributed by atoms with Crippen LogP contribution in [0.1, 0.15) is 12.1 Å². The Bertz CT molecular complexity index is 574. The summed E-state index contributed by atoms with van der Waals surface area (Å²) in [5, 5.41) is 15.0. The smallest absolute Gasteiger partial charge is 0.258 e. The molecule has 0 aliphatic heterocycles. The van der Waals surface area contributed by atoms with Gasteiger partial charge < -0.3 is 0 Å². The van der Waals surface area contributed by atoms with Gasteiger partial charge in [0, 0.05) is 6.07 Å². The molecule has 94 valence electrons. The molecule has 0 amide bonds. The number of halogens is 3. The third kappa shape index (κ3) is 2.68. The standard InChI is InChI=1S/C6H4F3N3O4S/c7-5(8)2-1-3(12(13)14)4(6(9)11-2)17(10,15)16/h1,5H,(H2,10,15,16). The van der Waals surface area contributed by atoms with E-state index in [4.69, 9.17) is 0 Å². The number of rotatable bonds is 3. The highest BCUT2D eigenvalue weighted by molar-refractivity contribution is 7.89. The quantitative estimate of drug-likeness (QED) is 0.493. The van der Waals surface area contributed by atoms with Crippen molar-refractivity contribution in [3.05, 3.63) is 27.8 Å². The molecule has 1 aromatic rings. The average Bonchev–Trinajstić information content (AvgIpc) is 2.13. The second kappa shape index (κ2) is 4.25. The van der Waals surface area contributed by atoms with Crippen LogP contribution in [0.15, 0.2) is 11.0 Å². The van der Waals surface area contributed by atoms with Crippen LogP contribution in [0.2, 0.25) is 0 Å². The maximum atomic E-state index is 13.1. The molecule has 1 aromatic heterocycles. The molecule has 0 unspecified atom stereocenters. The monoisotopic (exact) mass is 271 g/mol. The molecule has 0 aliphatic rings. The summed E-state index contributed by atoms with van der Waals surface area (Å²) in [7, 11) is -4.78. The number of hydrogen-bond donors (Lipinski definition) is 1. The summed E-state index contributed by atoms with van der Waals surface area (Å²) in [5.41, 5.74) is -2.63. The van der Waals surface area contributed by atoms with Crippen molar-refractivity contribution in [3.63, 3.8) is 0 Å². The number of nitro groups is 1. The average molecular weight is 271 g/mol. The first kappa shape index (κ1) is 13.3. The van der Waals surface area contributed by atoms with Gasteiger partial charge in [0.1, 0.15) is 5.69 Å². The first-order valence-electron chi connectivity index (χ1n) is 3.80. The van der Waals surface area contributed by atoms with Gasteiger partial charge in [0.2, 0.25) is 20.9 Å². The van der Waals surface area contributed by atoms with Gasteiger partial charge >= 0.3 is 0 Å². The second-order valence-corrected chi connectivity index (χ2v) is 4.29. The van der Waals surface area contributed by atoms with Gasteiger partial charge in [-0.2, -0.15) is 4.39 Å². The molecule has 0 aromatic carbocycles. The van der Waals surface area contributed by atoms with Gasteiger partial charge in [-0.3, -0.25) is 10.1 Å².